The van der Waals surface area contributed by atoms with Crippen molar-refractivity contribution in [3.63, 3.8) is 0 Å². The van der Waals surface area contributed by atoms with Crippen molar-refractivity contribution >= 4 is 17.9 Å². The minimum atomic E-state index is -0.651. The average molecular weight is 354 g/mol. The molecule has 1 aromatic carbocycles. The summed E-state index contributed by atoms with van der Waals surface area (Å²) in [4.78, 5) is 36.8. The van der Waals surface area contributed by atoms with E-state index in [1.165, 1.54) is 4.90 Å². The molecular formula is C20H22N2O4. The summed E-state index contributed by atoms with van der Waals surface area (Å²) in [5, 5.41) is 2.27. The second kappa shape index (κ2) is 6.83. The molecule has 26 heavy (non-hydrogen) atoms. The molecule has 2 saturated heterocycles. The molecule has 6 heteroatoms. The predicted molar refractivity (Wildman–Crippen MR) is 94.9 cm³/mol. The lowest BCUT2D eigenvalue weighted by Gasteiger charge is -2.27. The maximum absolute atomic E-state index is 12.2. The molecule has 136 valence electrons. The normalized spacial score (nSPS) is 23.2. The van der Waals surface area contributed by atoms with Gasteiger partial charge in [0.1, 0.15) is 12.1 Å². The molecule has 2 heterocycles. The highest BCUT2D eigenvalue weighted by molar-refractivity contribution is 6.01. The van der Waals surface area contributed by atoms with Crippen molar-refractivity contribution in [2.45, 2.75) is 45.8 Å². The molecule has 0 bridgehead atoms. The van der Waals surface area contributed by atoms with Gasteiger partial charge in [0.2, 0.25) is 11.8 Å². The fraction of sp³-hybridized carbons (Fsp3) is 0.450. The summed E-state index contributed by atoms with van der Waals surface area (Å²) in [5.74, 6) is 5.56. The smallest absolute Gasteiger partial charge is 0.411 e. The maximum Gasteiger partial charge on any atom is 0.411 e. The van der Waals surface area contributed by atoms with E-state index in [1.807, 2.05) is 24.3 Å². The van der Waals surface area contributed by atoms with Crippen molar-refractivity contribution in [2.75, 3.05) is 6.54 Å². The number of cyclic esters (lactones) is 1. The van der Waals surface area contributed by atoms with Crippen LogP contribution in [-0.4, -0.2) is 35.4 Å². The van der Waals surface area contributed by atoms with Crippen molar-refractivity contribution in [3.05, 3.63) is 35.4 Å². The number of hydrogen-bond acceptors (Lipinski definition) is 4. The van der Waals surface area contributed by atoms with E-state index >= 15 is 0 Å². The number of carbonyl (C=O) groups excluding carboxylic acids is 3. The van der Waals surface area contributed by atoms with Crippen LogP contribution in [0.2, 0.25) is 0 Å². The number of hydrogen-bond donors (Lipinski definition) is 1. The molecule has 3 rings (SSSR count). The highest BCUT2D eigenvalue weighted by Gasteiger charge is 2.41. The van der Waals surface area contributed by atoms with Crippen LogP contribution in [0.15, 0.2) is 24.3 Å². The highest BCUT2D eigenvalue weighted by atomic mass is 16.6. The first-order valence-corrected chi connectivity index (χ1v) is 8.67. The Labute approximate surface area is 152 Å². The molecule has 2 aliphatic heterocycles. The van der Waals surface area contributed by atoms with E-state index in [2.05, 4.69) is 37.9 Å². The van der Waals surface area contributed by atoms with E-state index in [0.717, 1.165) is 11.1 Å². The summed E-state index contributed by atoms with van der Waals surface area (Å²) in [6.45, 7) is 6.44. The highest BCUT2D eigenvalue weighted by Crippen LogP contribution is 2.29. The van der Waals surface area contributed by atoms with Crippen molar-refractivity contribution in [3.8, 4) is 11.8 Å². The standard InChI is InChI=1S/C20H22N2O4/c1-20(2,3)11-10-13-4-6-14(7-5-13)16-12-22(19(25)26-16)15-8-9-17(23)21-18(15)24/h4-7,15-16H,8-9,12H2,1-3H3,(H,21,23,24)/t15?,16-/m1/s1. The Kier molecular flexibility index (Phi) is 4.73. The number of nitrogens with zero attached hydrogens (tertiary/aromatic N) is 1. The molecule has 2 atom stereocenters. The van der Waals surface area contributed by atoms with Gasteiger partial charge in [-0.15, -0.1) is 0 Å². The quantitative estimate of drug-likeness (QED) is 0.654. The number of carbonyl (C=O) groups is 3. The number of rotatable bonds is 2. The molecule has 0 aromatic heterocycles. The molecule has 2 aliphatic rings. The third kappa shape index (κ3) is 4.05. The van der Waals surface area contributed by atoms with Crippen LogP contribution in [0.1, 0.15) is 50.8 Å². The van der Waals surface area contributed by atoms with Crippen LogP contribution < -0.4 is 5.32 Å². The largest absolute Gasteiger partial charge is 0.439 e. The summed E-state index contributed by atoms with van der Waals surface area (Å²) in [7, 11) is 0. The second-order valence-corrected chi connectivity index (χ2v) is 7.61. The summed E-state index contributed by atoms with van der Waals surface area (Å²) >= 11 is 0. The first-order valence-electron chi connectivity index (χ1n) is 8.67. The Morgan fingerprint density at radius 1 is 1.15 bits per heavy atom. The molecule has 3 amide bonds. The maximum atomic E-state index is 12.2. The third-order valence-electron chi connectivity index (χ3n) is 4.29. The second-order valence-electron chi connectivity index (χ2n) is 7.61. The van der Waals surface area contributed by atoms with E-state index in [0.29, 0.717) is 6.42 Å². The van der Waals surface area contributed by atoms with Gasteiger partial charge in [0, 0.05) is 17.4 Å². The third-order valence-corrected chi connectivity index (χ3v) is 4.29. The van der Waals surface area contributed by atoms with Crippen LogP contribution in [0.3, 0.4) is 0 Å². The summed E-state index contributed by atoms with van der Waals surface area (Å²) in [5.41, 5.74) is 1.69. The Morgan fingerprint density at radius 2 is 1.85 bits per heavy atom. The van der Waals surface area contributed by atoms with E-state index in [-0.39, 0.29) is 24.3 Å². The molecule has 0 aliphatic carbocycles. The number of imide groups is 1. The topological polar surface area (TPSA) is 75.7 Å². The Hall–Kier alpha value is -2.81. The first-order chi connectivity index (χ1) is 12.2. The minimum absolute atomic E-state index is 0.0674. The lowest BCUT2D eigenvalue weighted by molar-refractivity contribution is -0.136. The van der Waals surface area contributed by atoms with Crippen molar-refractivity contribution < 1.29 is 19.1 Å². The molecule has 1 aromatic rings. The zero-order valence-electron chi connectivity index (χ0n) is 15.2. The minimum Gasteiger partial charge on any atom is -0.439 e. The Bertz CT molecular complexity index is 796. The predicted octanol–water partition coefficient (Wildman–Crippen LogP) is 2.38. The summed E-state index contributed by atoms with van der Waals surface area (Å²) < 4.78 is 5.43. The average Bonchev–Trinajstić information content (AvgIpc) is 2.94. The SMILES string of the molecule is CC(C)(C)C#Cc1ccc([C@H]2CN(C3CCC(=O)NC3=O)C(=O)O2)cc1. The summed E-state index contributed by atoms with van der Waals surface area (Å²) in [6.07, 6.45) is -0.404. The van der Waals surface area contributed by atoms with Gasteiger partial charge in [0.05, 0.1) is 6.54 Å². The molecular weight excluding hydrogens is 332 g/mol. The lowest BCUT2D eigenvalue weighted by Crippen LogP contribution is -2.52. The van der Waals surface area contributed by atoms with E-state index < -0.39 is 24.1 Å². The fourth-order valence-corrected chi connectivity index (χ4v) is 2.93. The number of amides is 3. The number of ether oxygens (including phenoxy) is 1. The van der Waals surface area contributed by atoms with Crippen LogP contribution in [0.4, 0.5) is 4.79 Å². The molecule has 1 unspecified atom stereocenters. The number of nitrogens with one attached hydrogen (secondary N) is 1. The molecule has 1 N–H and O–H groups in total. The number of benzene rings is 1. The molecule has 6 nitrogen and oxygen atoms in total. The van der Waals surface area contributed by atoms with Gasteiger partial charge in [0.25, 0.3) is 0 Å². The van der Waals surface area contributed by atoms with Crippen molar-refractivity contribution in [2.24, 2.45) is 5.41 Å². The Morgan fingerprint density at radius 3 is 2.46 bits per heavy atom. The van der Waals surface area contributed by atoms with Gasteiger partial charge in [-0.1, -0.05) is 24.0 Å². The lowest BCUT2D eigenvalue weighted by atomic mass is 9.97. The van der Waals surface area contributed by atoms with Gasteiger partial charge < -0.3 is 4.74 Å². The Balaban J connectivity index is 1.69. The van der Waals surface area contributed by atoms with E-state index in [1.54, 1.807) is 0 Å². The van der Waals surface area contributed by atoms with Crippen LogP contribution in [0.5, 0.6) is 0 Å². The molecule has 2 fully saturated rings. The fourth-order valence-electron chi connectivity index (χ4n) is 2.93. The molecule has 0 spiro atoms. The molecule has 0 saturated carbocycles. The molecule has 0 radical (unpaired) electrons. The van der Waals surface area contributed by atoms with E-state index in [4.69, 9.17) is 4.74 Å². The van der Waals surface area contributed by atoms with Gasteiger partial charge in [-0.2, -0.15) is 0 Å². The number of piperidine rings is 1. The van der Waals surface area contributed by atoms with Gasteiger partial charge in [-0.3, -0.25) is 19.8 Å². The van der Waals surface area contributed by atoms with Crippen LogP contribution >= 0.6 is 0 Å². The van der Waals surface area contributed by atoms with Crippen LogP contribution in [-0.2, 0) is 14.3 Å². The first kappa shape index (κ1) is 18.0. The monoisotopic (exact) mass is 354 g/mol. The van der Waals surface area contributed by atoms with Crippen molar-refractivity contribution in [1.29, 1.82) is 0 Å². The zero-order chi connectivity index (χ0) is 18.9. The van der Waals surface area contributed by atoms with E-state index in [9.17, 15) is 14.4 Å². The van der Waals surface area contributed by atoms with Gasteiger partial charge >= 0.3 is 6.09 Å². The van der Waals surface area contributed by atoms with Gasteiger partial charge in [0.15, 0.2) is 0 Å². The van der Waals surface area contributed by atoms with Gasteiger partial charge in [-0.25, -0.2) is 4.79 Å². The van der Waals surface area contributed by atoms with Crippen LogP contribution in [0.25, 0.3) is 0 Å². The van der Waals surface area contributed by atoms with Crippen LogP contribution in [0, 0.1) is 17.3 Å². The summed E-state index contributed by atoms with van der Waals surface area (Å²) in [6, 6.07) is 6.92. The van der Waals surface area contributed by atoms with Gasteiger partial charge in [-0.05, 0) is 44.9 Å². The van der Waals surface area contributed by atoms with Crippen molar-refractivity contribution in [1.82, 2.24) is 10.2 Å². The zero-order valence-corrected chi connectivity index (χ0v) is 15.2.